The third-order valence-electron chi connectivity index (χ3n) is 2.92. The van der Waals surface area contributed by atoms with Crippen molar-refractivity contribution in [2.75, 3.05) is 5.73 Å². The molecule has 0 fully saturated rings. The average molecular weight is 391 g/mol. The van der Waals surface area contributed by atoms with Gasteiger partial charge in [0.1, 0.15) is 5.02 Å². The molecule has 2 N–H and O–H groups in total. The molecule has 1 aromatic carbocycles. The van der Waals surface area contributed by atoms with Crippen LogP contribution < -0.4 is 15.2 Å². The topological polar surface area (TPSA) is 87.3 Å². The fraction of sp³-hybridized carbons (Fsp3) is 0.267. The molecular formula is C15H14Cl3N3O3. The maximum atomic E-state index is 11.2. The van der Waals surface area contributed by atoms with E-state index in [2.05, 4.69) is 10.2 Å². The summed E-state index contributed by atoms with van der Waals surface area (Å²) >= 11 is 18.5. The molecule has 128 valence electrons. The van der Waals surface area contributed by atoms with Gasteiger partial charge in [0.15, 0.2) is 5.75 Å². The van der Waals surface area contributed by atoms with Crippen LogP contribution in [-0.2, 0) is 4.79 Å². The molecule has 6 nitrogen and oxygen atoms in total. The van der Waals surface area contributed by atoms with Crippen LogP contribution in [0.5, 0.6) is 17.5 Å². The first-order chi connectivity index (χ1) is 11.2. The first-order valence-corrected chi connectivity index (χ1v) is 8.01. The van der Waals surface area contributed by atoms with E-state index in [1.54, 1.807) is 0 Å². The van der Waals surface area contributed by atoms with Gasteiger partial charge in [-0.1, -0.05) is 48.7 Å². The summed E-state index contributed by atoms with van der Waals surface area (Å²) in [6, 6.07) is 2.97. The van der Waals surface area contributed by atoms with Crippen molar-refractivity contribution in [1.82, 2.24) is 10.2 Å². The highest BCUT2D eigenvalue weighted by molar-refractivity contribution is 6.37. The lowest BCUT2D eigenvalue weighted by Crippen LogP contribution is -2.09. The van der Waals surface area contributed by atoms with Crippen LogP contribution in [-0.4, -0.2) is 16.2 Å². The Balaban J connectivity index is 2.49. The lowest BCUT2D eigenvalue weighted by atomic mass is 10.1. The molecule has 0 aliphatic rings. The van der Waals surface area contributed by atoms with Crippen molar-refractivity contribution in [3.8, 4) is 17.5 Å². The van der Waals surface area contributed by atoms with Gasteiger partial charge in [-0.05, 0) is 18.1 Å². The number of hydrogen-bond donors (Lipinski definition) is 1. The van der Waals surface area contributed by atoms with Crippen molar-refractivity contribution < 1.29 is 14.3 Å². The highest BCUT2D eigenvalue weighted by atomic mass is 35.5. The summed E-state index contributed by atoms with van der Waals surface area (Å²) in [7, 11) is 0. The Morgan fingerprint density at radius 3 is 2.17 bits per heavy atom. The SMILES string of the molecule is CC(=O)Oc1nnc(Oc2c(Cl)cc(N)cc2Cl)c(Cl)c1C(C)C. The van der Waals surface area contributed by atoms with Crippen molar-refractivity contribution in [1.29, 1.82) is 0 Å². The number of nitrogens with zero attached hydrogens (tertiary/aromatic N) is 2. The van der Waals surface area contributed by atoms with Crippen molar-refractivity contribution >= 4 is 46.5 Å². The minimum absolute atomic E-state index is 0.00941. The molecule has 0 saturated heterocycles. The summed E-state index contributed by atoms with van der Waals surface area (Å²) in [4.78, 5) is 11.2. The Kier molecular flexibility index (Phi) is 5.74. The van der Waals surface area contributed by atoms with E-state index in [0.717, 1.165) is 0 Å². The average Bonchev–Trinajstić information content (AvgIpc) is 2.43. The summed E-state index contributed by atoms with van der Waals surface area (Å²) in [5.74, 6) is -0.449. The molecule has 0 unspecified atom stereocenters. The van der Waals surface area contributed by atoms with Crippen molar-refractivity contribution in [3.05, 3.63) is 32.8 Å². The predicted octanol–water partition coefficient (Wildman–Crippen LogP) is 4.86. The van der Waals surface area contributed by atoms with E-state index >= 15 is 0 Å². The molecule has 1 aromatic heterocycles. The van der Waals surface area contributed by atoms with E-state index in [-0.39, 0.29) is 38.5 Å². The van der Waals surface area contributed by atoms with E-state index < -0.39 is 5.97 Å². The summed E-state index contributed by atoms with van der Waals surface area (Å²) in [6.45, 7) is 4.99. The van der Waals surface area contributed by atoms with E-state index in [4.69, 9.17) is 50.0 Å². The molecule has 1 heterocycles. The molecule has 2 rings (SSSR count). The van der Waals surface area contributed by atoms with Crippen LogP contribution in [0.3, 0.4) is 0 Å². The Hall–Kier alpha value is -1.76. The fourth-order valence-electron chi connectivity index (χ4n) is 1.95. The van der Waals surface area contributed by atoms with Gasteiger partial charge in [0.2, 0.25) is 5.88 Å². The van der Waals surface area contributed by atoms with E-state index in [1.165, 1.54) is 19.1 Å². The number of hydrogen-bond acceptors (Lipinski definition) is 6. The molecule has 0 aliphatic heterocycles. The van der Waals surface area contributed by atoms with Gasteiger partial charge in [0.05, 0.1) is 10.0 Å². The van der Waals surface area contributed by atoms with E-state index in [0.29, 0.717) is 11.3 Å². The second-order valence-corrected chi connectivity index (χ2v) is 6.39. The van der Waals surface area contributed by atoms with Crippen LogP contribution in [0, 0.1) is 0 Å². The molecule has 0 aliphatic carbocycles. The second kappa shape index (κ2) is 7.42. The van der Waals surface area contributed by atoms with Crippen LogP contribution in [0.25, 0.3) is 0 Å². The van der Waals surface area contributed by atoms with Crippen LogP contribution in [0.2, 0.25) is 15.1 Å². The van der Waals surface area contributed by atoms with Gasteiger partial charge in [0, 0.05) is 18.2 Å². The molecule has 0 amide bonds. The Labute approximate surface area is 153 Å². The van der Waals surface area contributed by atoms with Crippen molar-refractivity contribution in [2.24, 2.45) is 0 Å². The minimum Gasteiger partial charge on any atom is -0.433 e. The number of aromatic nitrogens is 2. The van der Waals surface area contributed by atoms with Gasteiger partial charge >= 0.3 is 5.97 Å². The number of benzene rings is 1. The van der Waals surface area contributed by atoms with E-state index in [1.807, 2.05) is 13.8 Å². The number of nitrogen functional groups attached to an aromatic ring is 1. The molecule has 0 atom stereocenters. The third-order valence-corrected chi connectivity index (χ3v) is 3.85. The standard InChI is InChI=1S/C15H14Cl3N3O3/c1-6(2)11-12(18)15(21-20-14(11)23-7(3)22)24-13-9(16)4-8(19)5-10(13)17/h4-6H,19H2,1-3H3. The van der Waals surface area contributed by atoms with Crippen molar-refractivity contribution in [3.63, 3.8) is 0 Å². The zero-order valence-electron chi connectivity index (χ0n) is 13.1. The fourth-order valence-corrected chi connectivity index (χ4v) is 2.91. The van der Waals surface area contributed by atoms with Crippen LogP contribution in [0.1, 0.15) is 32.3 Å². The van der Waals surface area contributed by atoms with Gasteiger partial charge in [-0.25, -0.2) is 0 Å². The lowest BCUT2D eigenvalue weighted by Gasteiger charge is -2.15. The molecule has 0 radical (unpaired) electrons. The monoisotopic (exact) mass is 389 g/mol. The number of ether oxygens (including phenoxy) is 2. The van der Waals surface area contributed by atoms with Crippen molar-refractivity contribution in [2.45, 2.75) is 26.7 Å². The quantitative estimate of drug-likeness (QED) is 0.592. The largest absolute Gasteiger partial charge is 0.433 e. The molecule has 0 saturated carbocycles. The highest BCUT2D eigenvalue weighted by Crippen LogP contribution is 2.42. The Morgan fingerprint density at radius 2 is 1.67 bits per heavy atom. The second-order valence-electron chi connectivity index (χ2n) is 5.20. The summed E-state index contributed by atoms with van der Waals surface area (Å²) < 4.78 is 10.6. The van der Waals surface area contributed by atoms with Gasteiger partial charge in [-0.3, -0.25) is 4.79 Å². The lowest BCUT2D eigenvalue weighted by molar-refractivity contribution is -0.132. The zero-order chi connectivity index (χ0) is 18.0. The maximum Gasteiger partial charge on any atom is 0.309 e. The molecule has 2 aromatic rings. The van der Waals surface area contributed by atoms with Crippen LogP contribution in [0.4, 0.5) is 5.69 Å². The van der Waals surface area contributed by atoms with E-state index in [9.17, 15) is 4.79 Å². The summed E-state index contributed by atoms with van der Waals surface area (Å²) in [5, 5.41) is 8.26. The Morgan fingerprint density at radius 1 is 1.12 bits per heavy atom. The van der Waals surface area contributed by atoms with Gasteiger partial charge in [-0.15, -0.1) is 10.2 Å². The van der Waals surface area contributed by atoms with Crippen LogP contribution in [0.15, 0.2) is 12.1 Å². The third kappa shape index (κ3) is 4.01. The van der Waals surface area contributed by atoms with Gasteiger partial charge < -0.3 is 15.2 Å². The summed E-state index contributed by atoms with van der Waals surface area (Å²) in [5.41, 5.74) is 6.53. The number of rotatable bonds is 4. The minimum atomic E-state index is -0.527. The number of carbonyl (C=O) groups excluding carboxylic acids is 1. The smallest absolute Gasteiger partial charge is 0.309 e. The normalized spacial score (nSPS) is 10.8. The van der Waals surface area contributed by atoms with Crippen LogP contribution >= 0.6 is 34.8 Å². The molecule has 9 heteroatoms. The molecule has 0 bridgehead atoms. The van der Waals surface area contributed by atoms with Gasteiger partial charge in [0.25, 0.3) is 5.88 Å². The first kappa shape index (κ1) is 18.6. The summed E-state index contributed by atoms with van der Waals surface area (Å²) in [6.07, 6.45) is 0. The number of carbonyl (C=O) groups is 1. The molecular weight excluding hydrogens is 377 g/mol. The maximum absolute atomic E-state index is 11.2. The molecule has 0 spiro atoms. The number of nitrogens with two attached hydrogens (primary N) is 1. The first-order valence-electron chi connectivity index (χ1n) is 6.87. The number of esters is 1. The number of halogens is 3. The molecule has 24 heavy (non-hydrogen) atoms. The predicted molar refractivity (Wildman–Crippen MR) is 93.4 cm³/mol. The van der Waals surface area contributed by atoms with Gasteiger partial charge in [-0.2, -0.15) is 0 Å². The highest BCUT2D eigenvalue weighted by Gasteiger charge is 2.22. The Bertz CT molecular complexity index is 774. The zero-order valence-corrected chi connectivity index (χ0v) is 15.3. The number of anilines is 1.